The molecule has 0 spiro atoms. The van der Waals surface area contributed by atoms with Crippen molar-refractivity contribution in [1.29, 1.82) is 0 Å². The van der Waals surface area contributed by atoms with Gasteiger partial charge < -0.3 is 0 Å². The largest absolute Gasteiger partial charge is 0.285 e. The number of hydrogen-bond donors (Lipinski definition) is 0. The van der Waals surface area contributed by atoms with Gasteiger partial charge in [0.15, 0.2) is 0 Å². The Bertz CT molecular complexity index is 542. The third-order valence-electron chi connectivity index (χ3n) is 2.61. The van der Waals surface area contributed by atoms with Crippen LogP contribution in [0.1, 0.15) is 16.8 Å². The summed E-state index contributed by atoms with van der Waals surface area (Å²) in [6.45, 7) is 0. The Labute approximate surface area is 103 Å². The Morgan fingerprint density at radius 3 is 2.28 bits per heavy atom. The summed E-state index contributed by atoms with van der Waals surface area (Å²) in [5.41, 5.74) is 0.281. The van der Waals surface area contributed by atoms with E-state index in [0.717, 1.165) is 12.2 Å². The summed E-state index contributed by atoms with van der Waals surface area (Å²) in [5.74, 6) is -4.37. The molecule has 92 valence electrons. The maximum atomic E-state index is 12.8. The van der Waals surface area contributed by atoms with Gasteiger partial charge in [0, 0.05) is 17.6 Å². The Kier molecular flexibility index (Phi) is 3.19. The highest BCUT2D eigenvalue weighted by Crippen LogP contribution is 2.26. The fourth-order valence-electron chi connectivity index (χ4n) is 1.61. The van der Waals surface area contributed by atoms with Crippen molar-refractivity contribution in [3.63, 3.8) is 0 Å². The van der Waals surface area contributed by atoms with Crippen molar-refractivity contribution in [2.75, 3.05) is 0 Å². The summed E-state index contributed by atoms with van der Waals surface area (Å²) < 4.78 is 25.7. The quantitative estimate of drug-likeness (QED) is 0.608. The number of rotatable bonds is 3. The number of ketones is 2. The number of Topliss-reactive ketones (excluding diaryl/α,β-unsaturated/α-hetero) is 2. The predicted octanol–water partition coefficient (Wildman–Crippen LogP) is 2.96. The van der Waals surface area contributed by atoms with Gasteiger partial charge in [0.25, 0.3) is 5.92 Å². The molecule has 1 aromatic rings. The SMILES string of the molecule is O=C(C(=O)c1ccccc1)C1=CCC(F)(F)C=C1. The highest BCUT2D eigenvalue weighted by atomic mass is 19.3. The Balaban J connectivity index is 2.17. The lowest BCUT2D eigenvalue weighted by molar-refractivity contribution is -0.111. The highest BCUT2D eigenvalue weighted by molar-refractivity contribution is 6.49. The van der Waals surface area contributed by atoms with E-state index in [-0.39, 0.29) is 11.1 Å². The van der Waals surface area contributed by atoms with E-state index in [1.165, 1.54) is 12.1 Å². The maximum absolute atomic E-state index is 12.8. The molecular weight excluding hydrogens is 238 g/mol. The normalized spacial score (nSPS) is 17.1. The summed E-state index contributed by atoms with van der Waals surface area (Å²) in [4.78, 5) is 23.6. The standard InChI is InChI=1S/C14H10F2O2/c15-14(16)8-6-11(7-9-14)13(18)12(17)10-4-2-1-3-5-10/h1-8H,9H2. The van der Waals surface area contributed by atoms with E-state index in [1.807, 2.05) is 0 Å². The lowest BCUT2D eigenvalue weighted by atomic mass is 9.96. The van der Waals surface area contributed by atoms with E-state index in [1.54, 1.807) is 18.2 Å². The smallest absolute Gasteiger partial charge is 0.270 e. The van der Waals surface area contributed by atoms with Crippen LogP contribution in [0.4, 0.5) is 8.78 Å². The van der Waals surface area contributed by atoms with Crippen LogP contribution in [0.15, 0.2) is 54.1 Å². The van der Waals surface area contributed by atoms with E-state index in [2.05, 4.69) is 0 Å². The molecule has 1 aliphatic carbocycles. The van der Waals surface area contributed by atoms with Gasteiger partial charge in [-0.3, -0.25) is 9.59 Å². The number of carbonyl (C=O) groups is 2. The first-order valence-corrected chi connectivity index (χ1v) is 5.41. The average Bonchev–Trinajstić information content (AvgIpc) is 2.38. The molecule has 0 saturated carbocycles. The first-order valence-electron chi connectivity index (χ1n) is 5.41. The van der Waals surface area contributed by atoms with Crippen LogP contribution < -0.4 is 0 Å². The van der Waals surface area contributed by atoms with Gasteiger partial charge in [0.05, 0.1) is 0 Å². The highest BCUT2D eigenvalue weighted by Gasteiger charge is 2.29. The van der Waals surface area contributed by atoms with Crippen molar-refractivity contribution in [3.8, 4) is 0 Å². The number of benzene rings is 1. The molecule has 1 aliphatic rings. The molecule has 0 aromatic heterocycles. The van der Waals surface area contributed by atoms with Crippen molar-refractivity contribution >= 4 is 11.6 Å². The molecule has 4 heteroatoms. The van der Waals surface area contributed by atoms with E-state index >= 15 is 0 Å². The average molecular weight is 248 g/mol. The number of alkyl halides is 2. The third kappa shape index (κ3) is 2.59. The van der Waals surface area contributed by atoms with Crippen molar-refractivity contribution in [2.24, 2.45) is 0 Å². The van der Waals surface area contributed by atoms with Crippen molar-refractivity contribution in [3.05, 3.63) is 59.7 Å². The number of halogens is 2. The summed E-state index contributed by atoms with van der Waals surface area (Å²) in [6, 6.07) is 8.03. The second-order valence-corrected chi connectivity index (χ2v) is 3.98. The minimum absolute atomic E-state index is 0.0229. The molecule has 0 bridgehead atoms. The molecule has 0 N–H and O–H groups in total. The minimum Gasteiger partial charge on any atom is -0.285 e. The summed E-state index contributed by atoms with van der Waals surface area (Å²) in [5, 5.41) is 0. The van der Waals surface area contributed by atoms with Crippen molar-refractivity contribution < 1.29 is 18.4 Å². The number of carbonyl (C=O) groups excluding carboxylic acids is 2. The molecule has 2 nitrogen and oxygen atoms in total. The molecule has 1 aromatic carbocycles. The van der Waals surface area contributed by atoms with Gasteiger partial charge in [-0.05, 0) is 12.2 Å². The molecule has 0 saturated heterocycles. The second kappa shape index (κ2) is 4.64. The molecule has 0 amide bonds. The van der Waals surface area contributed by atoms with Gasteiger partial charge in [-0.2, -0.15) is 0 Å². The van der Waals surface area contributed by atoms with E-state index < -0.39 is 23.9 Å². The molecule has 0 unspecified atom stereocenters. The maximum Gasteiger partial charge on any atom is 0.270 e. The van der Waals surface area contributed by atoms with Gasteiger partial charge >= 0.3 is 0 Å². The molecule has 2 rings (SSSR count). The van der Waals surface area contributed by atoms with Crippen LogP contribution in [-0.4, -0.2) is 17.5 Å². The van der Waals surface area contributed by atoms with Crippen LogP contribution >= 0.6 is 0 Å². The lowest BCUT2D eigenvalue weighted by Crippen LogP contribution is -2.20. The molecule has 0 atom stereocenters. The molecular formula is C14H10F2O2. The Morgan fingerprint density at radius 2 is 1.72 bits per heavy atom. The minimum atomic E-state index is -2.93. The molecule has 0 aliphatic heterocycles. The van der Waals surface area contributed by atoms with Crippen molar-refractivity contribution in [1.82, 2.24) is 0 Å². The molecule has 0 radical (unpaired) electrons. The Morgan fingerprint density at radius 1 is 1.06 bits per heavy atom. The van der Waals surface area contributed by atoms with E-state index in [9.17, 15) is 18.4 Å². The summed E-state index contributed by atoms with van der Waals surface area (Å²) in [7, 11) is 0. The second-order valence-electron chi connectivity index (χ2n) is 3.98. The zero-order chi connectivity index (χ0) is 13.2. The summed E-state index contributed by atoms with van der Waals surface area (Å²) >= 11 is 0. The van der Waals surface area contributed by atoms with Crippen LogP contribution in [-0.2, 0) is 4.79 Å². The number of allylic oxidation sites excluding steroid dienone is 4. The Hall–Kier alpha value is -2.10. The zero-order valence-corrected chi connectivity index (χ0v) is 9.40. The van der Waals surface area contributed by atoms with Crippen LogP contribution in [0.3, 0.4) is 0 Å². The van der Waals surface area contributed by atoms with Crippen LogP contribution in [0.2, 0.25) is 0 Å². The molecule has 0 fully saturated rings. The summed E-state index contributed by atoms with van der Waals surface area (Å²) in [6.07, 6.45) is 2.21. The third-order valence-corrected chi connectivity index (χ3v) is 2.61. The van der Waals surface area contributed by atoms with E-state index in [0.29, 0.717) is 6.08 Å². The van der Waals surface area contributed by atoms with Crippen LogP contribution in [0, 0.1) is 0 Å². The monoisotopic (exact) mass is 248 g/mol. The van der Waals surface area contributed by atoms with Crippen LogP contribution in [0.25, 0.3) is 0 Å². The first kappa shape index (κ1) is 12.4. The van der Waals surface area contributed by atoms with Gasteiger partial charge in [-0.25, -0.2) is 8.78 Å². The molecule has 18 heavy (non-hydrogen) atoms. The van der Waals surface area contributed by atoms with Gasteiger partial charge in [-0.1, -0.05) is 36.4 Å². The predicted molar refractivity (Wildman–Crippen MR) is 62.6 cm³/mol. The van der Waals surface area contributed by atoms with Crippen molar-refractivity contribution in [2.45, 2.75) is 12.3 Å². The van der Waals surface area contributed by atoms with Gasteiger partial charge in [0.2, 0.25) is 11.6 Å². The number of hydrogen-bond acceptors (Lipinski definition) is 2. The van der Waals surface area contributed by atoms with E-state index in [4.69, 9.17) is 0 Å². The fraction of sp³-hybridized carbons (Fsp3) is 0.143. The lowest BCUT2D eigenvalue weighted by Gasteiger charge is -2.14. The fourth-order valence-corrected chi connectivity index (χ4v) is 1.61. The topological polar surface area (TPSA) is 34.1 Å². The first-order chi connectivity index (χ1) is 8.49. The molecule has 0 heterocycles. The van der Waals surface area contributed by atoms with Gasteiger partial charge in [0.1, 0.15) is 0 Å². The van der Waals surface area contributed by atoms with Gasteiger partial charge in [-0.15, -0.1) is 0 Å². The van der Waals surface area contributed by atoms with Crippen LogP contribution in [0.5, 0.6) is 0 Å². The zero-order valence-electron chi connectivity index (χ0n) is 9.40.